The molecule has 7 heteroatoms. The Morgan fingerprint density at radius 1 is 1.43 bits per heavy atom. The minimum Gasteiger partial charge on any atom is -0.438 e. The molecule has 0 bridgehead atoms. The van der Waals surface area contributed by atoms with Crippen LogP contribution in [0, 0.1) is 0 Å². The van der Waals surface area contributed by atoms with E-state index in [9.17, 15) is 4.79 Å². The second-order valence-corrected chi connectivity index (χ2v) is 7.65. The van der Waals surface area contributed by atoms with Crippen LogP contribution in [0.15, 0.2) is 41.5 Å². The molecule has 0 aliphatic carbocycles. The van der Waals surface area contributed by atoms with Crippen LogP contribution in [0.5, 0.6) is 0 Å². The summed E-state index contributed by atoms with van der Waals surface area (Å²) in [5, 5.41) is 3.60. The monoisotopic (exact) mass is 330 g/mol. The number of hydrogen-bond donors (Lipinski definition) is 1. The van der Waals surface area contributed by atoms with E-state index in [0.717, 1.165) is 31.8 Å². The number of nitrogens with one attached hydrogen (secondary N) is 1. The first-order valence-electron chi connectivity index (χ1n) is 7.68. The molecule has 120 valence electrons. The van der Waals surface area contributed by atoms with Crippen LogP contribution in [-0.2, 0) is 6.54 Å². The number of hydrogen-bond acceptors (Lipinski definition) is 6. The highest BCUT2D eigenvalue weighted by molar-refractivity contribution is 8.01. The molecular formula is C16H18N4O2S. The number of pyridine rings is 1. The van der Waals surface area contributed by atoms with E-state index >= 15 is 0 Å². The van der Waals surface area contributed by atoms with Gasteiger partial charge in [0, 0.05) is 43.8 Å². The summed E-state index contributed by atoms with van der Waals surface area (Å²) in [6, 6.07) is 4.53. The van der Waals surface area contributed by atoms with E-state index in [0.29, 0.717) is 11.8 Å². The predicted molar refractivity (Wildman–Crippen MR) is 87.1 cm³/mol. The number of amides is 1. The summed E-state index contributed by atoms with van der Waals surface area (Å²) >= 11 is 1.97. The van der Waals surface area contributed by atoms with Gasteiger partial charge in [-0.05, 0) is 18.1 Å². The number of nitrogens with zero attached hydrogens (tertiary/aromatic N) is 3. The molecule has 4 heterocycles. The molecule has 4 rings (SSSR count). The van der Waals surface area contributed by atoms with Gasteiger partial charge in [-0.3, -0.25) is 9.78 Å². The Morgan fingerprint density at radius 2 is 2.35 bits per heavy atom. The van der Waals surface area contributed by atoms with Crippen molar-refractivity contribution in [2.24, 2.45) is 0 Å². The minimum atomic E-state index is -0.0551. The third-order valence-corrected chi connectivity index (χ3v) is 6.02. The van der Waals surface area contributed by atoms with Crippen molar-refractivity contribution in [3.05, 3.63) is 48.4 Å². The normalized spacial score (nSPS) is 22.3. The van der Waals surface area contributed by atoms with Gasteiger partial charge < -0.3 is 14.6 Å². The maximum Gasteiger partial charge on any atom is 0.291 e. The largest absolute Gasteiger partial charge is 0.438 e. The average Bonchev–Trinajstić information content (AvgIpc) is 3.22. The van der Waals surface area contributed by atoms with E-state index in [4.69, 9.17) is 4.42 Å². The van der Waals surface area contributed by atoms with E-state index in [1.54, 1.807) is 6.20 Å². The molecule has 2 aromatic heterocycles. The van der Waals surface area contributed by atoms with Crippen molar-refractivity contribution in [1.82, 2.24) is 20.2 Å². The Hall–Kier alpha value is -1.86. The molecule has 0 aromatic carbocycles. The molecule has 1 amide bonds. The number of aromatic nitrogens is 2. The van der Waals surface area contributed by atoms with Crippen molar-refractivity contribution < 1.29 is 9.21 Å². The molecule has 2 aromatic rings. The van der Waals surface area contributed by atoms with Gasteiger partial charge in [0.2, 0.25) is 5.76 Å². The highest BCUT2D eigenvalue weighted by Crippen LogP contribution is 2.45. The first-order chi connectivity index (χ1) is 11.2. The van der Waals surface area contributed by atoms with Gasteiger partial charge in [0.25, 0.3) is 5.91 Å². The zero-order chi connectivity index (χ0) is 15.7. The summed E-state index contributed by atoms with van der Waals surface area (Å²) in [6.45, 7) is 2.43. The number of thioether (sulfide) groups is 1. The van der Waals surface area contributed by atoms with Crippen molar-refractivity contribution in [3.8, 4) is 0 Å². The first-order valence-corrected chi connectivity index (χ1v) is 8.67. The predicted octanol–water partition coefficient (Wildman–Crippen LogP) is 1.56. The molecule has 1 atom stereocenters. The topological polar surface area (TPSA) is 71.3 Å². The Morgan fingerprint density at radius 3 is 3.09 bits per heavy atom. The molecule has 2 aliphatic heterocycles. The van der Waals surface area contributed by atoms with E-state index in [-0.39, 0.29) is 10.7 Å². The summed E-state index contributed by atoms with van der Waals surface area (Å²) in [5.41, 5.74) is 1.20. The van der Waals surface area contributed by atoms with E-state index < -0.39 is 0 Å². The Labute approximate surface area is 138 Å². The van der Waals surface area contributed by atoms with Crippen LogP contribution >= 0.6 is 11.8 Å². The van der Waals surface area contributed by atoms with Gasteiger partial charge in [0.15, 0.2) is 6.39 Å². The fourth-order valence-corrected chi connectivity index (χ4v) is 4.83. The summed E-state index contributed by atoms with van der Waals surface area (Å²) in [5.74, 6) is 1.36. The number of carbonyl (C=O) groups excluding carboxylic acids is 1. The van der Waals surface area contributed by atoms with Crippen molar-refractivity contribution >= 4 is 17.7 Å². The summed E-state index contributed by atoms with van der Waals surface area (Å²) in [6.07, 6.45) is 7.56. The SMILES string of the molecule is O=C(c1cnco1)N1CC2(CC(NCc3cccnc3)CS2)C1. The van der Waals surface area contributed by atoms with E-state index in [1.165, 1.54) is 18.2 Å². The van der Waals surface area contributed by atoms with Gasteiger partial charge in [0.1, 0.15) is 0 Å². The minimum absolute atomic E-state index is 0.0551. The van der Waals surface area contributed by atoms with E-state index in [2.05, 4.69) is 21.4 Å². The molecule has 2 aliphatic rings. The fraction of sp³-hybridized carbons (Fsp3) is 0.438. The van der Waals surface area contributed by atoms with Crippen molar-refractivity contribution in [3.63, 3.8) is 0 Å². The number of rotatable bonds is 4. The fourth-order valence-electron chi connectivity index (χ4n) is 3.23. The van der Waals surface area contributed by atoms with Crippen LogP contribution in [0.2, 0.25) is 0 Å². The van der Waals surface area contributed by atoms with Crippen molar-refractivity contribution in [2.75, 3.05) is 18.8 Å². The highest BCUT2D eigenvalue weighted by Gasteiger charge is 2.50. The van der Waals surface area contributed by atoms with Gasteiger partial charge in [-0.25, -0.2) is 4.98 Å². The molecule has 2 fully saturated rings. The lowest BCUT2D eigenvalue weighted by Crippen LogP contribution is -2.61. The molecule has 2 saturated heterocycles. The number of carbonyl (C=O) groups is 1. The molecule has 6 nitrogen and oxygen atoms in total. The first kappa shape index (κ1) is 14.7. The zero-order valence-corrected chi connectivity index (χ0v) is 13.5. The maximum absolute atomic E-state index is 12.2. The maximum atomic E-state index is 12.2. The van der Waals surface area contributed by atoms with Crippen molar-refractivity contribution in [1.29, 1.82) is 0 Å². The molecular weight excluding hydrogens is 312 g/mol. The summed E-state index contributed by atoms with van der Waals surface area (Å²) in [7, 11) is 0. The smallest absolute Gasteiger partial charge is 0.291 e. The summed E-state index contributed by atoms with van der Waals surface area (Å²) in [4.78, 5) is 22.0. The van der Waals surface area contributed by atoms with Crippen LogP contribution < -0.4 is 5.32 Å². The lowest BCUT2D eigenvalue weighted by atomic mass is 9.91. The van der Waals surface area contributed by atoms with Crippen LogP contribution in [0.4, 0.5) is 0 Å². The van der Waals surface area contributed by atoms with Gasteiger partial charge in [-0.1, -0.05) is 6.07 Å². The van der Waals surface area contributed by atoms with Gasteiger partial charge in [-0.2, -0.15) is 0 Å². The Kier molecular flexibility index (Phi) is 3.82. The molecule has 1 spiro atoms. The number of oxazole rings is 1. The highest BCUT2D eigenvalue weighted by atomic mass is 32.2. The lowest BCUT2D eigenvalue weighted by Gasteiger charge is -2.47. The second-order valence-electron chi connectivity index (χ2n) is 6.16. The third kappa shape index (κ3) is 2.98. The van der Waals surface area contributed by atoms with Gasteiger partial charge in [-0.15, -0.1) is 11.8 Å². The van der Waals surface area contributed by atoms with Crippen LogP contribution in [0.1, 0.15) is 22.5 Å². The Balaban J connectivity index is 1.27. The molecule has 0 saturated carbocycles. The molecule has 1 N–H and O–H groups in total. The van der Waals surface area contributed by atoms with Crippen LogP contribution in [-0.4, -0.2) is 50.4 Å². The van der Waals surface area contributed by atoms with Gasteiger partial charge >= 0.3 is 0 Å². The average molecular weight is 330 g/mol. The standard InChI is InChI=1S/C16H18N4O2S/c21-15(14-7-18-11-22-14)20-9-16(10-20)4-13(8-23-16)19-6-12-2-1-3-17-5-12/h1-3,5,7,11,13,19H,4,6,8-10H2. The Bertz CT molecular complexity index is 671. The van der Waals surface area contributed by atoms with Crippen molar-refractivity contribution in [2.45, 2.75) is 23.8 Å². The van der Waals surface area contributed by atoms with E-state index in [1.807, 2.05) is 28.9 Å². The third-order valence-electron chi connectivity index (χ3n) is 4.42. The molecule has 0 radical (unpaired) electrons. The van der Waals surface area contributed by atoms with Gasteiger partial charge in [0.05, 0.1) is 10.9 Å². The second kappa shape index (κ2) is 5.98. The number of likely N-dealkylation sites (tertiary alicyclic amines) is 1. The molecule has 1 unspecified atom stereocenters. The van der Waals surface area contributed by atoms with Crippen LogP contribution in [0.3, 0.4) is 0 Å². The molecule has 23 heavy (non-hydrogen) atoms. The quantitative estimate of drug-likeness (QED) is 0.917. The summed E-state index contributed by atoms with van der Waals surface area (Å²) < 4.78 is 5.30. The van der Waals surface area contributed by atoms with Crippen LogP contribution in [0.25, 0.3) is 0 Å². The lowest BCUT2D eigenvalue weighted by molar-refractivity contribution is 0.0520. The zero-order valence-electron chi connectivity index (χ0n) is 12.6.